The third kappa shape index (κ3) is 4.20. The molecule has 0 aliphatic carbocycles. The predicted molar refractivity (Wildman–Crippen MR) is 84.2 cm³/mol. The van der Waals surface area contributed by atoms with Crippen molar-refractivity contribution < 1.29 is 17.9 Å². The molecule has 122 valence electrons. The van der Waals surface area contributed by atoms with Gasteiger partial charge >= 0.3 is 0 Å². The summed E-state index contributed by atoms with van der Waals surface area (Å²) in [5, 5.41) is 2.61. The number of amides is 1. The van der Waals surface area contributed by atoms with Gasteiger partial charge in [-0.2, -0.15) is 4.31 Å². The van der Waals surface area contributed by atoms with Gasteiger partial charge < -0.3 is 10.1 Å². The first-order valence-electron chi connectivity index (χ1n) is 7.30. The summed E-state index contributed by atoms with van der Waals surface area (Å²) in [5.74, 6) is 0.710. The van der Waals surface area contributed by atoms with Crippen molar-refractivity contribution in [3.8, 4) is 5.75 Å². The molecule has 0 atom stereocenters. The third-order valence-electron chi connectivity index (χ3n) is 3.74. The molecule has 0 spiro atoms. The zero-order valence-electron chi connectivity index (χ0n) is 13.0. The van der Waals surface area contributed by atoms with Crippen LogP contribution in [0.1, 0.15) is 24.5 Å². The lowest BCUT2D eigenvalue weighted by Crippen LogP contribution is -2.38. The molecule has 0 radical (unpaired) electrons. The van der Waals surface area contributed by atoms with Crippen LogP contribution >= 0.6 is 0 Å². The molecular formula is C15H22N2O4S. The van der Waals surface area contributed by atoms with Crippen molar-refractivity contribution in [2.75, 3.05) is 26.0 Å². The molecule has 6 nitrogen and oxygen atoms in total. The van der Waals surface area contributed by atoms with Crippen LogP contribution in [0.15, 0.2) is 18.2 Å². The van der Waals surface area contributed by atoms with Gasteiger partial charge in [-0.1, -0.05) is 6.07 Å². The van der Waals surface area contributed by atoms with Crippen LogP contribution < -0.4 is 10.1 Å². The summed E-state index contributed by atoms with van der Waals surface area (Å²) >= 11 is 0. The fourth-order valence-corrected chi connectivity index (χ4v) is 3.99. The maximum absolute atomic E-state index is 12.4. The molecule has 1 aliphatic heterocycles. The van der Waals surface area contributed by atoms with Crippen LogP contribution in [0, 0.1) is 0 Å². The number of sulfonamides is 1. The Balaban J connectivity index is 1.97. The first-order valence-corrected chi connectivity index (χ1v) is 8.91. The van der Waals surface area contributed by atoms with Crippen molar-refractivity contribution in [2.45, 2.75) is 26.3 Å². The summed E-state index contributed by atoms with van der Waals surface area (Å²) in [7, 11) is -1.67. The summed E-state index contributed by atoms with van der Waals surface area (Å²) in [6.45, 7) is 2.70. The Bertz CT molecular complexity index is 643. The van der Waals surface area contributed by atoms with Gasteiger partial charge in [0.25, 0.3) is 0 Å². The van der Waals surface area contributed by atoms with Gasteiger partial charge in [-0.05, 0) is 36.1 Å². The highest BCUT2D eigenvalue weighted by Gasteiger charge is 2.26. The lowest BCUT2D eigenvalue weighted by molar-refractivity contribution is -0.118. The van der Waals surface area contributed by atoms with Gasteiger partial charge in [-0.15, -0.1) is 0 Å². The quantitative estimate of drug-likeness (QED) is 0.789. The number of ether oxygens (including phenoxy) is 1. The van der Waals surface area contributed by atoms with E-state index in [-0.39, 0.29) is 11.7 Å². The lowest BCUT2D eigenvalue weighted by atomic mass is 10.0. The number of rotatable bonds is 6. The summed E-state index contributed by atoms with van der Waals surface area (Å²) in [4.78, 5) is 10.8. The van der Waals surface area contributed by atoms with Crippen LogP contribution in [0.4, 0.5) is 0 Å². The van der Waals surface area contributed by atoms with Crippen LogP contribution in [-0.4, -0.2) is 44.6 Å². The van der Waals surface area contributed by atoms with Gasteiger partial charge in [0, 0.05) is 26.6 Å². The van der Waals surface area contributed by atoms with Crippen molar-refractivity contribution in [1.29, 1.82) is 0 Å². The minimum atomic E-state index is -3.29. The molecule has 1 amide bonds. The van der Waals surface area contributed by atoms with E-state index in [4.69, 9.17) is 4.74 Å². The number of hydrogen-bond acceptors (Lipinski definition) is 4. The molecular weight excluding hydrogens is 304 g/mol. The van der Waals surface area contributed by atoms with E-state index in [1.807, 2.05) is 18.2 Å². The maximum Gasteiger partial charge on any atom is 0.216 e. The molecule has 0 unspecified atom stereocenters. The number of carbonyl (C=O) groups excluding carboxylic acids is 1. The topological polar surface area (TPSA) is 75.7 Å². The van der Waals surface area contributed by atoms with E-state index in [9.17, 15) is 13.2 Å². The Labute approximate surface area is 131 Å². The first kappa shape index (κ1) is 16.8. The van der Waals surface area contributed by atoms with Crippen molar-refractivity contribution in [1.82, 2.24) is 9.62 Å². The zero-order valence-corrected chi connectivity index (χ0v) is 13.8. The van der Waals surface area contributed by atoms with E-state index in [0.29, 0.717) is 32.5 Å². The largest absolute Gasteiger partial charge is 0.497 e. The number of hydrogen-bond donors (Lipinski definition) is 1. The second kappa shape index (κ2) is 7.11. The highest BCUT2D eigenvalue weighted by atomic mass is 32.2. The standard InChI is InChI=1S/C15H22N2O4S/c1-12(18)16-7-3-9-22(19,20)17-8-6-13-10-15(21-2)5-4-14(13)11-17/h4-5,10H,3,6-9,11H2,1-2H3,(H,16,18). The average Bonchev–Trinajstić information content (AvgIpc) is 2.50. The van der Waals surface area contributed by atoms with Crippen LogP contribution in [0.5, 0.6) is 5.75 Å². The van der Waals surface area contributed by atoms with E-state index < -0.39 is 10.0 Å². The molecule has 0 saturated heterocycles. The Kier molecular flexibility index (Phi) is 5.42. The van der Waals surface area contributed by atoms with Crippen molar-refractivity contribution in [2.24, 2.45) is 0 Å². The number of benzene rings is 1. The van der Waals surface area contributed by atoms with Gasteiger partial charge in [0.2, 0.25) is 15.9 Å². The van der Waals surface area contributed by atoms with Gasteiger partial charge in [0.05, 0.1) is 12.9 Å². The second-order valence-electron chi connectivity index (χ2n) is 5.37. The summed E-state index contributed by atoms with van der Waals surface area (Å²) in [6.07, 6.45) is 1.12. The van der Waals surface area contributed by atoms with Crippen molar-refractivity contribution >= 4 is 15.9 Å². The Hall–Kier alpha value is -1.60. The molecule has 22 heavy (non-hydrogen) atoms. The van der Waals surface area contributed by atoms with E-state index in [2.05, 4.69) is 5.32 Å². The van der Waals surface area contributed by atoms with E-state index >= 15 is 0 Å². The second-order valence-corrected chi connectivity index (χ2v) is 7.46. The normalized spacial score (nSPS) is 15.2. The number of carbonyl (C=O) groups is 1. The molecule has 0 fully saturated rings. The lowest BCUT2D eigenvalue weighted by Gasteiger charge is -2.28. The highest BCUT2D eigenvalue weighted by molar-refractivity contribution is 7.89. The monoisotopic (exact) mass is 326 g/mol. The van der Waals surface area contributed by atoms with Crippen LogP contribution in [0.3, 0.4) is 0 Å². The van der Waals surface area contributed by atoms with E-state index in [1.54, 1.807) is 7.11 Å². The van der Waals surface area contributed by atoms with E-state index in [1.165, 1.54) is 11.2 Å². The number of fused-ring (bicyclic) bond motifs is 1. The molecule has 1 aromatic rings. The van der Waals surface area contributed by atoms with Crippen molar-refractivity contribution in [3.05, 3.63) is 29.3 Å². The SMILES string of the molecule is COc1ccc2c(c1)CCN(S(=O)(=O)CCCNC(C)=O)C2. The zero-order chi connectivity index (χ0) is 16.2. The molecule has 7 heteroatoms. The molecule has 2 rings (SSSR count). The summed E-state index contributed by atoms with van der Waals surface area (Å²) < 4.78 is 31.4. The molecule has 1 N–H and O–H groups in total. The summed E-state index contributed by atoms with van der Waals surface area (Å²) in [5.41, 5.74) is 2.17. The Morgan fingerprint density at radius 1 is 1.36 bits per heavy atom. The molecule has 0 bridgehead atoms. The molecule has 1 aromatic carbocycles. The van der Waals surface area contributed by atoms with Gasteiger partial charge in [0.15, 0.2) is 0 Å². The third-order valence-corrected chi connectivity index (χ3v) is 5.64. The van der Waals surface area contributed by atoms with E-state index in [0.717, 1.165) is 16.9 Å². The average molecular weight is 326 g/mol. The van der Waals surface area contributed by atoms with Gasteiger partial charge in [-0.25, -0.2) is 8.42 Å². The molecule has 0 saturated carbocycles. The predicted octanol–water partition coefficient (Wildman–Crippen LogP) is 0.909. The van der Waals surface area contributed by atoms with Crippen LogP contribution in [0.25, 0.3) is 0 Å². The highest BCUT2D eigenvalue weighted by Crippen LogP contribution is 2.25. The number of nitrogens with zero attached hydrogens (tertiary/aromatic N) is 1. The maximum atomic E-state index is 12.4. The number of nitrogens with one attached hydrogen (secondary N) is 1. The van der Waals surface area contributed by atoms with Gasteiger partial charge in [-0.3, -0.25) is 4.79 Å². The van der Waals surface area contributed by atoms with Crippen LogP contribution in [-0.2, 0) is 27.8 Å². The number of methoxy groups -OCH3 is 1. The van der Waals surface area contributed by atoms with Crippen LogP contribution in [0.2, 0.25) is 0 Å². The summed E-state index contributed by atoms with van der Waals surface area (Å²) in [6, 6.07) is 5.74. The van der Waals surface area contributed by atoms with Gasteiger partial charge in [0.1, 0.15) is 5.75 Å². The minimum Gasteiger partial charge on any atom is -0.497 e. The van der Waals surface area contributed by atoms with Crippen molar-refractivity contribution in [3.63, 3.8) is 0 Å². The Morgan fingerprint density at radius 3 is 2.82 bits per heavy atom. The first-order chi connectivity index (χ1) is 10.4. The minimum absolute atomic E-state index is 0.0543. The molecule has 1 aliphatic rings. The molecule has 1 heterocycles. The fourth-order valence-electron chi connectivity index (χ4n) is 2.52. The Morgan fingerprint density at radius 2 is 2.14 bits per heavy atom. The fraction of sp³-hybridized carbons (Fsp3) is 0.533. The smallest absolute Gasteiger partial charge is 0.216 e. The molecule has 0 aromatic heterocycles.